The zero-order chi connectivity index (χ0) is 14.7. The zero-order valence-corrected chi connectivity index (χ0v) is 12.4. The molecule has 0 saturated heterocycles. The van der Waals surface area contributed by atoms with Crippen molar-refractivity contribution in [3.8, 4) is 0 Å². The minimum Gasteiger partial charge on any atom is -0.322 e. The molecular weight excluding hydrogens is 308 g/mol. The third kappa shape index (κ3) is 3.22. The number of carbonyl (C=O) groups excluding carboxylic acids is 1. The maximum Gasteiger partial charge on any atom is 0.250 e. The molecule has 5 nitrogen and oxygen atoms in total. The molecule has 1 amide bonds. The Hall–Kier alpha value is -1.92. The van der Waals surface area contributed by atoms with Crippen LogP contribution in [-0.2, 0) is 4.79 Å². The number of nitrogens with one attached hydrogen (secondary N) is 1. The molecule has 1 aliphatic heterocycles. The van der Waals surface area contributed by atoms with Gasteiger partial charge in [-0.1, -0.05) is 11.6 Å². The number of aliphatic imine (C=N–C) groups is 1. The first-order valence-corrected chi connectivity index (χ1v) is 7.63. The van der Waals surface area contributed by atoms with Crippen LogP contribution in [0, 0.1) is 0 Å². The molecule has 1 N–H and O–H groups in total. The van der Waals surface area contributed by atoms with Crippen molar-refractivity contribution in [1.82, 2.24) is 9.97 Å². The van der Waals surface area contributed by atoms with Crippen LogP contribution in [-0.4, -0.2) is 32.7 Å². The molecule has 2 aromatic heterocycles. The lowest BCUT2D eigenvalue weighted by atomic mass is 10.2. The average molecular weight is 319 g/mol. The average Bonchev–Trinajstić information content (AvgIpc) is 3.00. The molecule has 7 heteroatoms. The Bertz CT molecular complexity index is 692. The number of pyridine rings is 2. The molecule has 0 aromatic carbocycles. The van der Waals surface area contributed by atoms with E-state index in [0.29, 0.717) is 11.4 Å². The third-order valence-electron chi connectivity index (χ3n) is 2.90. The standard InChI is InChI=1S/C14H11ClN4OS/c15-12-10(2-1-5-17-12)18-13(20)11-8-21-14(19-11)9-3-6-16-7-4-9/h1-7,11H,8H2,(H,18,20). The quantitative estimate of drug-likeness (QED) is 0.883. The predicted molar refractivity (Wildman–Crippen MR) is 84.9 cm³/mol. The minimum atomic E-state index is -0.422. The van der Waals surface area contributed by atoms with Crippen molar-refractivity contribution >= 4 is 40.0 Å². The molecule has 21 heavy (non-hydrogen) atoms. The summed E-state index contributed by atoms with van der Waals surface area (Å²) in [5.74, 6) is 0.433. The summed E-state index contributed by atoms with van der Waals surface area (Å²) in [6, 6.07) is 6.77. The molecule has 0 bridgehead atoms. The van der Waals surface area contributed by atoms with Gasteiger partial charge in [0.15, 0.2) is 5.15 Å². The fraction of sp³-hybridized carbons (Fsp3) is 0.143. The lowest BCUT2D eigenvalue weighted by Crippen LogP contribution is -2.26. The lowest BCUT2D eigenvalue weighted by Gasteiger charge is -2.08. The zero-order valence-electron chi connectivity index (χ0n) is 10.9. The number of thioether (sulfide) groups is 1. The summed E-state index contributed by atoms with van der Waals surface area (Å²) in [5.41, 5.74) is 1.48. The summed E-state index contributed by atoms with van der Waals surface area (Å²) in [6.07, 6.45) is 4.99. The number of rotatable bonds is 3. The van der Waals surface area contributed by atoms with Gasteiger partial charge in [-0.3, -0.25) is 14.8 Å². The van der Waals surface area contributed by atoms with Gasteiger partial charge < -0.3 is 5.32 Å². The second-order valence-electron chi connectivity index (χ2n) is 4.33. The first-order chi connectivity index (χ1) is 10.2. The van der Waals surface area contributed by atoms with Crippen LogP contribution in [0.5, 0.6) is 0 Å². The van der Waals surface area contributed by atoms with Gasteiger partial charge in [0.25, 0.3) is 0 Å². The highest BCUT2D eigenvalue weighted by molar-refractivity contribution is 8.14. The van der Waals surface area contributed by atoms with Crippen molar-refractivity contribution in [3.63, 3.8) is 0 Å². The van der Waals surface area contributed by atoms with Crippen LogP contribution >= 0.6 is 23.4 Å². The van der Waals surface area contributed by atoms with E-state index in [2.05, 4.69) is 20.3 Å². The SMILES string of the molecule is O=C(Nc1cccnc1Cl)C1CSC(c2ccncc2)=N1. The molecule has 1 aliphatic rings. The van der Waals surface area contributed by atoms with Crippen LogP contribution in [0.15, 0.2) is 47.8 Å². The Labute approximate surface area is 130 Å². The molecule has 0 radical (unpaired) electrons. The van der Waals surface area contributed by atoms with Gasteiger partial charge in [0.2, 0.25) is 5.91 Å². The Balaban J connectivity index is 1.72. The molecule has 1 atom stereocenters. The van der Waals surface area contributed by atoms with E-state index in [-0.39, 0.29) is 11.1 Å². The summed E-state index contributed by atoms with van der Waals surface area (Å²) < 4.78 is 0. The van der Waals surface area contributed by atoms with E-state index in [9.17, 15) is 4.79 Å². The maximum atomic E-state index is 12.2. The minimum absolute atomic E-state index is 0.179. The fourth-order valence-corrected chi connectivity index (χ4v) is 3.07. The van der Waals surface area contributed by atoms with Crippen LogP contribution in [0.4, 0.5) is 5.69 Å². The van der Waals surface area contributed by atoms with Crippen molar-refractivity contribution in [3.05, 3.63) is 53.6 Å². The van der Waals surface area contributed by atoms with E-state index < -0.39 is 6.04 Å². The highest BCUT2D eigenvalue weighted by atomic mass is 35.5. The maximum absolute atomic E-state index is 12.2. The normalized spacial score (nSPS) is 17.4. The summed E-state index contributed by atoms with van der Waals surface area (Å²) in [5, 5.41) is 3.89. The number of carbonyl (C=O) groups is 1. The fourth-order valence-electron chi connectivity index (χ4n) is 1.86. The molecule has 1 unspecified atom stereocenters. The van der Waals surface area contributed by atoms with Gasteiger partial charge in [-0.15, -0.1) is 11.8 Å². The number of aromatic nitrogens is 2. The Morgan fingerprint density at radius 2 is 2.10 bits per heavy atom. The lowest BCUT2D eigenvalue weighted by molar-refractivity contribution is -0.116. The third-order valence-corrected chi connectivity index (χ3v) is 4.30. The number of nitrogens with zero attached hydrogens (tertiary/aromatic N) is 3. The number of anilines is 1. The largest absolute Gasteiger partial charge is 0.322 e. The molecule has 2 aromatic rings. The number of amides is 1. The number of halogens is 1. The van der Waals surface area contributed by atoms with Crippen LogP contribution in [0.25, 0.3) is 0 Å². The Morgan fingerprint density at radius 1 is 1.29 bits per heavy atom. The molecule has 0 saturated carbocycles. The van der Waals surface area contributed by atoms with Crippen LogP contribution in [0.3, 0.4) is 0 Å². The van der Waals surface area contributed by atoms with Crippen molar-refractivity contribution < 1.29 is 4.79 Å². The Kier molecular flexibility index (Phi) is 4.17. The van der Waals surface area contributed by atoms with E-state index >= 15 is 0 Å². The second kappa shape index (κ2) is 6.24. The highest BCUT2D eigenvalue weighted by Gasteiger charge is 2.26. The molecule has 106 valence electrons. The van der Waals surface area contributed by atoms with Gasteiger partial charge in [0, 0.05) is 29.9 Å². The van der Waals surface area contributed by atoms with Gasteiger partial charge >= 0.3 is 0 Å². The van der Waals surface area contributed by atoms with Crippen LogP contribution in [0.2, 0.25) is 5.15 Å². The molecule has 3 rings (SSSR count). The first-order valence-electron chi connectivity index (χ1n) is 6.26. The topological polar surface area (TPSA) is 67.2 Å². The van der Waals surface area contributed by atoms with Gasteiger partial charge in [0.1, 0.15) is 6.04 Å². The second-order valence-corrected chi connectivity index (χ2v) is 5.69. The van der Waals surface area contributed by atoms with E-state index in [4.69, 9.17) is 11.6 Å². The van der Waals surface area contributed by atoms with Crippen LogP contribution in [0.1, 0.15) is 5.56 Å². The van der Waals surface area contributed by atoms with Gasteiger partial charge in [0.05, 0.1) is 10.7 Å². The highest BCUT2D eigenvalue weighted by Crippen LogP contribution is 2.25. The van der Waals surface area contributed by atoms with Crippen LogP contribution < -0.4 is 5.32 Å². The Morgan fingerprint density at radius 3 is 2.86 bits per heavy atom. The van der Waals surface area contributed by atoms with Gasteiger partial charge in [-0.2, -0.15) is 0 Å². The van der Waals surface area contributed by atoms with Crippen molar-refractivity contribution in [2.24, 2.45) is 4.99 Å². The van der Waals surface area contributed by atoms with Gasteiger partial charge in [-0.05, 0) is 24.3 Å². The number of hydrogen-bond donors (Lipinski definition) is 1. The van der Waals surface area contributed by atoms with E-state index in [0.717, 1.165) is 10.6 Å². The molecule has 3 heterocycles. The molecule has 0 aliphatic carbocycles. The summed E-state index contributed by atoms with van der Waals surface area (Å²) in [7, 11) is 0. The van der Waals surface area contributed by atoms with E-state index in [1.165, 1.54) is 0 Å². The number of hydrogen-bond acceptors (Lipinski definition) is 5. The molecule has 0 fully saturated rings. The smallest absolute Gasteiger partial charge is 0.250 e. The predicted octanol–water partition coefficient (Wildman–Crippen LogP) is 2.63. The summed E-state index contributed by atoms with van der Waals surface area (Å²) >= 11 is 7.49. The summed E-state index contributed by atoms with van der Waals surface area (Å²) in [6.45, 7) is 0. The van der Waals surface area contributed by atoms with E-state index in [1.807, 2.05) is 12.1 Å². The molecular formula is C14H11ClN4OS. The van der Waals surface area contributed by atoms with Crippen molar-refractivity contribution in [2.75, 3.05) is 11.1 Å². The van der Waals surface area contributed by atoms with Crippen molar-refractivity contribution in [2.45, 2.75) is 6.04 Å². The van der Waals surface area contributed by atoms with Crippen molar-refractivity contribution in [1.29, 1.82) is 0 Å². The van der Waals surface area contributed by atoms with Gasteiger partial charge in [-0.25, -0.2) is 4.98 Å². The first kappa shape index (κ1) is 14.0. The van der Waals surface area contributed by atoms with E-state index in [1.54, 1.807) is 42.5 Å². The molecule has 0 spiro atoms. The summed E-state index contributed by atoms with van der Waals surface area (Å²) in [4.78, 5) is 24.6. The monoisotopic (exact) mass is 318 g/mol.